The molecule has 0 spiro atoms. The van der Waals surface area contributed by atoms with Crippen LogP contribution in [-0.2, 0) is 45.9 Å². The van der Waals surface area contributed by atoms with Crippen molar-refractivity contribution in [2.45, 2.75) is 78.1 Å². The maximum absolute atomic E-state index is 12.6. The summed E-state index contributed by atoms with van der Waals surface area (Å²) in [6.45, 7) is 6.77. The van der Waals surface area contributed by atoms with Crippen LogP contribution in [0.1, 0.15) is 53.7 Å². The van der Waals surface area contributed by atoms with Gasteiger partial charge in [0, 0.05) is 24.9 Å². The molecule has 10 N–H and O–H groups in total. The lowest BCUT2D eigenvalue weighted by atomic mass is 9.87. The molecule has 0 radical (unpaired) electrons. The number of phosphoric acid groups is 3. The second-order valence-electron chi connectivity index (χ2n) is 11.1. The summed E-state index contributed by atoms with van der Waals surface area (Å²) in [7, 11) is -16.3. The second-order valence-corrected chi connectivity index (χ2v) is 15.3. The van der Waals surface area contributed by atoms with Gasteiger partial charge >= 0.3 is 23.5 Å². The Bertz CT molecular complexity index is 1590. The number of nitrogens with one attached hydrogen (secondary N) is 2. The van der Waals surface area contributed by atoms with Crippen molar-refractivity contribution in [3.8, 4) is 0 Å². The molecule has 1 fully saturated rings. The number of aromatic nitrogens is 4. The highest BCUT2D eigenvalue weighted by molar-refractivity contribution is 7.61. The zero-order valence-electron chi connectivity index (χ0n) is 27.8. The standard InChI is InChI=1S/C22H38N7O16P3.C2H6/c1-4-6-24-13(30)5-7-25-20(33)17(32)22(2,3)9-42-48(39,40)45-47(37,38)41-8-12-16(44-46(34,35)36)15(31)21(43-12)29-11-28-14-18(23)26-10-27-19(14)29;1-2/h10-12,15-17,21,31-32H,4-9H2,1-3H3,(H,24,30)(H,25,33)(H,37,38)(H,39,40)(H2,23,26,27)(H2,34,35,36);1-2H3. The number of hydrogen-bond acceptors (Lipinski definition) is 16. The van der Waals surface area contributed by atoms with Crippen molar-refractivity contribution in [1.82, 2.24) is 30.2 Å². The number of aliphatic hydroxyl groups is 2. The quantitative estimate of drug-likeness (QED) is 0.0887. The van der Waals surface area contributed by atoms with Crippen LogP contribution in [0.5, 0.6) is 0 Å². The molecule has 23 nitrogen and oxygen atoms in total. The molecular weight excluding hydrogens is 735 g/mol. The van der Waals surface area contributed by atoms with Gasteiger partial charge in [-0.25, -0.2) is 28.6 Å². The zero-order valence-corrected chi connectivity index (χ0v) is 30.4. The Labute approximate surface area is 286 Å². The summed E-state index contributed by atoms with van der Waals surface area (Å²) in [4.78, 5) is 74.7. The molecule has 1 aliphatic heterocycles. The number of nitrogens with two attached hydrogens (primary N) is 1. The van der Waals surface area contributed by atoms with Gasteiger partial charge in [-0.05, 0) is 6.42 Å². The Balaban J connectivity index is 0.00000425. The zero-order chi connectivity index (χ0) is 38.1. The monoisotopic (exact) mass is 779 g/mol. The first-order chi connectivity index (χ1) is 23.2. The summed E-state index contributed by atoms with van der Waals surface area (Å²) in [5, 5.41) is 26.2. The normalized spacial score (nSPS) is 22.5. The molecule has 7 unspecified atom stereocenters. The number of rotatable bonds is 18. The highest BCUT2D eigenvalue weighted by atomic mass is 31.3. The van der Waals surface area contributed by atoms with Crippen LogP contribution in [0.2, 0.25) is 0 Å². The Kier molecular flexibility index (Phi) is 16.0. The van der Waals surface area contributed by atoms with Crippen LogP contribution in [0.15, 0.2) is 12.7 Å². The van der Waals surface area contributed by atoms with Gasteiger partial charge in [0.2, 0.25) is 11.8 Å². The number of ether oxygens (including phenoxy) is 1. The molecule has 1 aliphatic rings. The first-order valence-corrected chi connectivity index (χ1v) is 19.6. The fourth-order valence-electron chi connectivity index (χ4n) is 4.20. The minimum absolute atomic E-state index is 0.0343. The number of carbonyl (C=O) groups is 2. The minimum Gasteiger partial charge on any atom is -0.386 e. The Hall–Kier alpha value is -2.46. The predicted octanol–water partition coefficient (Wildman–Crippen LogP) is -0.159. The molecule has 7 atom stereocenters. The lowest BCUT2D eigenvalue weighted by Gasteiger charge is -2.30. The number of nitrogen functional groups attached to an aromatic ring is 1. The summed E-state index contributed by atoms with van der Waals surface area (Å²) in [5.41, 5.74) is 4.32. The van der Waals surface area contributed by atoms with Gasteiger partial charge in [-0.15, -0.1) is 0 Å². The molecule has 26 heteroatoms. The molecule has 2 aromatic rings. The molecule has 50 heavy (non-hydrogen) atoms. The Morgan fingerprint density at radius 3 is 2.32 bits per heavy atom. The topological polar surface area (TPSA) is 347 Å². The van der Waals surface area contributed by atoms with Gasteiger partial charge in [0.1, 0.15) is 36.3 Å². The van der Waals surface area contributed by atoms with Crippen LogP contribution in [0.4, 0.5) is 5.82 Å². The van der Waals surface area contributed by atoms with E-state index in [0.29, 0.717) is 13.0 Å². The molecule has 2 aromatic heterocycles. The van der Waals surface area contributed by atoms with Crippen LogP contribution < -0.4 is 16.4 Å². The largest absolute Gasteiger partial charge is 0.481 e. The van der Waals surface area contributed by atoms with Crippen molar-refractivity contribution in [2.75, 3.05) is 32.0 Å². The van der Waals surface area contributed by atoms with E-state index in [1.807, 2.05) is 20.8 Å². The third-order valence-electron chi connectivity index (χ3n) is 6.65. The van der Waals surface area contributed by atoms with Crippen LogP contribution in [0.3, 0.4) is 0 Å². The molecule has 286 valence electrons. The highest BCUT2D eigenvalue weighted by Crippen LogP contribution is 2.61. The van der Waals surface area contributed by atoms with E-state index in [1.165, 1.54) is 13.8 Å². The second kappa shape index (κ2) is 18.3. The van der Waals surface area contributed by atoms with E-state index >= 15 is 0 Å². The Morgan fingerprint density at radius 2 is 1.70 bits per heavy atom. The van der Waals surface area contributed by atoms with Crippen molar-refractivity contribution >= 4 is 52.3 Å². The first kappa shape index (κ1) is 43.7. The lowest BCUT2D eigenvalue weighted by molar-refractivity contribution is -0.137. The van der Waals surface area contributed by atoms with Crippen LogP contribution in [-0.4, -0.2) is 112 Å². The van der Waals surface area contributed by atoms with E-state index in [2.05, 4.69) is 34.4 Å². The SMILES string of the molecule is CC.CCCNC(=O)CCNC(=O)C(O)C(C)(C)COP(=O)(O)OP(=O)(O)OCC1OC(n2cnc3c(N)ncnc32)C(O)C1OP(=O)(O)O. The number of anilines is 1. The van der Waals surface area contributed by atoms with Crippen LogP contribution >= 0.6 is 23.5 Å². The maximum atomic E-state index is 12.6. The number of fused-ring (bicyclic) bond motifs is 1. The van der Waals surface area contributed by atoms with E-state index in [9.17, 15) is 53.1 Å². The third-order valence-corrected chi connectivity index (χ3v) is 9.75. The third kappa shape index (κ3) is 12.6. The summed E-state index contributed by atoms with van der Waals surface area (Å²) in [5.74, 6) is -1.29. The molecule has 3 heterocycles. The average molecular weight is 780 g/mol. The average Bonchev–Trinajstić information content (AvgIpc) is 3.58. The fraction of sp³-hybridized carbons (Fsp3) is 0.708. The summed E-state index contributed by atoms with van der Waals surface area (Å²) in [6.07, 6.45) is -5.96. The maximum Gasteiger partial charge on any atom is 0.481 e. The number of imidazole rings is 1. The lowest BCUT2D eigenvalue weighted by Crippen LogP contribution is -2.46. The van der Waals surface area contributed by atoms with Crippen molar-refractivity contribution in [1.29, 1.82) is 0 Å². The van der Waals surface area contributed by atoms with E-state index in [1.54, 1.807) is 0 Å². The fourth-order valence-corrected chi connectivity index (χ4v) is 7.03. The predicted molar refractivity (Wildman–Crippen MR) is 171 cm³/mol. The number of nitrogens with zero attached hydrogens (tertiary/aromatic N) is 4. The number of amides is 2. The van der Waals surface area contributed by atoms with Crippen molar-refractivity contribution in [3.63, 3.8) is 0 Å². The van der Waals surface area contributed by atoms with Gasteiger partial charge in [-0.3, -0.25) is 27.7 Å². The molecule has 3 rings (SSSR count). The van der Waals surface area contributed by atoms with Gasteiger partial charge in [-0.2, -0.15) is 4.31 Å². The summed E-state index contributed by atoms with van der Waals surface area (Å²) >= 11 is 0. The van der Waals surface area contributed by atoms with Crippen molar-refractivity contribution in [2.24, 2.45) is 5.41 Å². The van der Waals surface area contributed by atoms with Crippen LogP contribution in [0.25, 0.3) is 11.2 Å². The van der Waals surface area contributed by atoms with Crippen molar-refractivity contribution < 1.29 is 75.7 Å². The van der Waals surface area contributed by atoms with Crippen LogP contribution in [0, 0.1) is 5.41 Å². The molecular formula is C24H44N7O16P3. The van der Waals surface area contributed by atoms with Gasteiger partial charge in [0.05, 0.1) is 19.5 Å². The van der Waals surface area contributed by atoms with Gasteiger partial charge in [-0.1, -0.05) is 34.6 Å². The van der Waals surface area contributed by atoms with E-state index < -0.39 is 78.6 Å². The number of aliphatic hydroxyl groups excluding tert-OH is 2. The summed E-state index contributed by atoms with van der Waals surface area (Å²) in [6, 6.07) is 0. The number of carbonyl (C=O) groups excluding carboxylic acids is 2. The molecule has 2 amide bonds. The molecule has 0 saturated carbocycles. The minimum atomic E-state index is -5.53. The van der Waals surface area contributed by atoms with Gasteiger partial charge in [0.15, 0.2) is 17.7 Å². The smallest absolute Gasteiger partial charge is 0.386 e. The van der Waals surface area contributed by atoms with Crippen molar-refractivity contribution in [3.05, 3.63) is 12.7 Å². The van der Waals surface area contributed by atoms with E-state index in [-0.39, 0.29) is 35.9 Å². The first-order valence-electron chi connectivity index (χ1n) is 15.1. The number of phosphoric ester groups is 3. The molecule has 0 aliphatic carbocycles. The van der Waals surface area contributed by atoms with E-state index in [4.69, 9.17) is 19.5 Å². The molecule has 0 aromatic carbocycles. The van der Waals surface area contributed by atoms with Gasteiger partial charge < -0.3 is 50.9 Å². The Morgan fingerprint density at radius 1 is 1.06 bits per heavy atom. The summed E-state index contributed by atoms with van der Waals surface area (Å²) < 4.78 is 61.7. The molecule has 1 saturated heterocycles. The highest BCUT2D eigenvalue weighted by Gasteiger charge is 2.50. The van der Waals surface area contributed by atoms with Gasteiger partial charge in [0.25, 0.3) is 0 Å². The van der Waals surface area contributed by atoms with E-state index in [0.717, 1.165) is 17.2 Å². The molecule has 0 bridgehead atoms. The number of hydrogen-bond donors (Lipinski definition) is 9.